The van der Waals surface area contributed by atoms with Crippen LogP contribution in [0.5, 0.6) is 0 Å². The molecule has 0 bridgehead atoms. The smallest absolute Gasteiger partial charge is 0.348 e. The van der Waals surface area contributed by atoms with E-state index < -0.39 is 0 Å². The summed E-state index contributed by atoms with van der Waals surface area (Å²) in [5.41, 5.74) is 0.833. The number of thiophene rings is 1. The predicted molar refractivity (Wildman–Crippen MR) is 81.5 cm³/mol. The van der Waals surface area contributed by atoms with Gasteiger partial charge in [-0.2, -0.15) is 4.98 Å². The first-order chi connectivity index (χ1) is 10.1. The highest BCUT2D eigenvalue weighted by Crippen LogP contribution is 2.36. The molecule has 0 radical (unpaired) electrons. The van der Waals surface area contributed by atoms with Gasteiger partial charge in [-0.25, -0.2) is 9.78 Å². The lowest BCUT2D eigenvalue weighted by Crippen LogP contribution is -2.37. The van der Waals surface area contributed by atoms with Crippen LogP contribution in [0.25, 0.3) is 10.2 Å². The Labute approximate surface area is 130 Å². The molecular weight excluding hydrogens is 314 g/mol. The topological polar surface area (TPSA) is 64.5 Å². The Hall–Kier alpha value is -1.44. The number of esters is 1. The Morgan fingerprint density at radius 3 is 2.76 bits per heavy atom. The van der Waals surface area contributed by atoms with E-state index in [2.05, 4.69) is 14.9 Å². The summed E-state index contributed by atoms with van der Waals surface area (Å²) in [6.45, 7) is 4.66. The number of fused-ring (bicyclic) bond motifs is 1. The van der Waals surface area contributed by atoms with Gasteiger partial charge in [-0.15, -0.1) is 11.3 Å². The van der Waals surface area contributed by atoms with Crippen LogP contribution in [0.15, 0.2) is 0 Å². The summed E-state index contributed by atoms with van der Waals surface area (Å²) in [5, 5.41) is 1.05. The molecule has 6 nitrogen and oxygen atoms in total. The molecule has 1 fully saturated rings. The SMILES string of the molecule is COC(=O)c1sc2nc(Cl)nc(N3CCOCC3)c2c1C. The van der Waals surface area contributed by atoms with Gasteiger partial charge in [0.05, 0.1) is 25.7 Å². The van der Waals surface area contributed by atoms with Crippen molar-refractivity contribution in [2.75, 3.05) is 38.3 Å². The number of halogens is 1. The van der Waals surface area contributed by atoms with Gasteiger partial charge >= 0.3 is 5.97 Å². The third-order valence-corrected chi connectivity index (χ3v) is 4.76. The van der Waals surface area contributed by atoms with Crippen molar-refractivity contribution in [1.29, 1.82) is 0 Å². The number of rotatable bonds is 2. The molecule has 3 rings (SSSR count). The number of anilines is 1. The average Bonchev–Trinajstić information content (AvgIpc) is 2.83. The molecule has 0 atom stereocenters. The van der Waals surface area contributed by atoms with Crippen LogP contribution < -0.4 is 4.90 Å². The van der Waals surface area contributed by atoms with Crippen LogP contribution >= 0.6 is 22.9 Å². The van der Waals surface area contributed by atoms with Crippen LogP contribution in [0.2, 0.25) is 5.28 Å². The van der Waals surface area contributed by atoms with Gasteiger partial charge in [-0.3, -0.25) is 0 Å². The van der Waals surface area contributed by atoms with Crippen LogP contribution in [0, 0.1) is 6.92 Å². The average molecular weight is 328 g/mol. The summed E-state index contributed by atoms with van der Waals surface area (Å²) < 4.78 is 10.2. The van der Waals surface area contributed by atoms with E-state index in [9.17, 15) is 4.79 Å². The third-order valence-electron chi connectivity index (χ3n) is 3.43. The molecule has 0 spiro atoms. The van der Waals surface area contributed by atoms with Crippen molar-refractivity contribution in [3.63, 3.8) is 0 Å². The van der Waals surface area contributed by atoms with E-state index >= 15 is 0 Å². The molecular formula is C13H14ClN3O3S. The largest absolute Gasteiger partial charge is 0.465 e. The molecule has 0 amide bonds. The quantitative estimate of drug-likeness (QED) is 0.623. The Morgan fingerprint density at radius 1 is 1.38 bits per heavy atom. The lowest BCUT2D eigenvalue weighted by molar-refractivity contribution is 0.0605. The molecule has 0 unspecified atom stereocenters. The van der Waals surface area contributed by atoms with Gasteiger partial charge in [0.1, 0.15) is 15.5 Å². The number of methoxy groups -OCH3 is 1. The van der Waals surface area contributed by atoms with E-state index in [1.54, 1.807) is 0 Å². The van der Waals surface area contributed by atoms with E-state index in [-0.39, 0.29) is 11.3 Å². The maximum absolute atomic E-state index is 11.8. The summed E-state index contributed by atoms with van der Waals surface area (Å²) >= 11 is 7.31. The van der Waals surface area contributed by atoms with Gasteiger partial charge in [-0.05, 0) is 24.1 Å². The molecule has 112 valence electrons. The van der Waals surface area contributed by atoms with Crippen molar-refractivity contribution < 1.29 is 14.3 Å². The molecule has 1 saturated heterocycles. The molecule has 0 saturated carbocycles. The number of nitrogens with zero attached hydrogens (tertiary/aromatic N) is 3. The minimum absolute atomic E-state index is 0.182. The summed E-state index contributed by atoms with van der Waals surface area (Å²) in [6, 6.07) is 0. The van der Waals surface area contributed by atoms with Crippen LogP contribution in [0.3, 0.4) is 0 Å². The van der Waals surface area contributed by atoms with E-state index in [1.165, 1.54) is 18.4 Å². The van der Waals surface area contributed by atoms with Crippen LogP contribution in [-0.2, 0) is 9.47 Å². The molecule has 0 aromatic carbocycles. The molecule has 3 heterocycles. The Kier molecular flexibility index (Phi) is 3.97. The Bertz CT molecular complexity index is 698. The van der Waals surface area contributed by atoms with Gasteiger partial charge in [0, 0.05) is 13.1 Å². The lowest BCUT2D eigenvalue weighted by atomic mass is 10.2. The van der Waals surface area contributed by atoms with Crippen molar-refractivity contribution in [3.05, 3.63) is 15.7 Å². The summed E-state index contributed by atoms with van der Waals surface area (Å²) in [4.78, 5) is 23.8. The van der Waals surface area contributed by atoms with Crippen LogP contribution in [0.1, 0.15) is 15.2 Å². The minimum atomic E-state index is -0.362. The monoisotopic (exact) mass is 327 g/mol. The number of carbonyl (C=O) groups is 1. The zero-order chi connectivity index (χ0) is 15.0. The van der Waals surface area contributed by atoms with Crippen molar-refractivity contribution in [1.82, 2.24) is 9.97 Å². The first kappa shape index (κ1) is 14.5. The van der Waals surface area contributed by atoms with Gasteiger partial charge in [-0.1, -0.05) is 0 Å². The highest BCUT2D eigenvalue weighted by Gasteiger charge is 2.24. The van der Waals surface area contributed by atoms with Crippen molar-refractivity contribution in [2.45, 2.75) is 6.92 Å². The highest BCUT2D eigenvalue weighted by molar-refractivity contribution is 7.20. The van der Waals surface area contributed by atoms with E-state index in [4.69, 9.17) is 21.1 Å². The van der Waals surface area contributed by atoms with Gasteiger partial charge in [0.2, 0.25) is 5.28 Å². The van der Waals surface area contributed by atoms with Crippen molar-refractivity contribution >= 4 is 44.9 Å². The summed E-state index contributed by atoms with van der Waals surface area (Å²) in [6.07, 6.45) is 0. The molecule has 2 aromatic rings. The second-order valence-corrected chi connectivity index (χ2v) is 5.98. The maximum atomic E-state index is 11.8. The van der Waals surface area contributed by atoms with Crippen LogP contribution in [0.4, 0.5) is 5.82 Å². The second kappa shape index (κ2) is 5.75. The molecule has 21 heavy (non-hydrogen) atoms. The van der Waals surface area contributed by atoms with Gasteiger partial charge in [0.25, 0.3) is 0 Å². The van der Waals surface area contributed by atoms with Crippen LogP contribution in [-0.4, -0.2) is 49.4 Å². The van der Waals surface area contributed by atoms with Crippen molar-refractivity contribution in [2.24, 2.45) is 0 Å². The Morgan fingerprint density at radius 2 is 2.10 bits per heavy atom. The maximum Gasteiger partial charge on any atom is 0.348 e. The minimum Gasteiger partial charge on any atom is -0.465 e. The summed E-state index contributed by atoms with van der Waals surface area (Å²) in [5.74, 6) is 0.400. The van der Waals surface area contributed by atoms with Gasteiger partial charge < -0.3 is 14.4 Å². The highest BCUT2D eigenvalue weighted by atomic mass is 35.5. The van der Waals surface area contributed by atoms with Crippen molar-refractivity contribution in [3.8, 4) is 0 Å². The first-order valence-electron chi connectivity index (χ1n) is 6.49. The number of aromatic nitrogens is 2. The normalized spacial score (nSPS) is 15.5. The molecule has 2 aromatic heterocycles. The van der Waals surface area contributed by atoms with Gasteiger partial charge in [0.15, 0.2) is 0 Å². The number of hydrogen-bond donors (Lipinski definition) is 0. The zero-order valence-corrected chi connectivity index (χ0v) is 13.3. The number of aryl methyl sites for hydroxylation is 1. The molecule has 1 aliphatic rings. The molecule has 0 aliphatic carbocycles. The number of hydrogen-bond acceptors (Lipinski definition) is 7. The fourth-order valence-electron chi connectivity index (χ4n) is 2.38. The number of morpholine rings is 1. The van der Waals surface area contributed by atoms with E-state index in [0.29, 0.717) is 22.9 Å². The predicted octanol–water partition coefficient (Wildman–Crippen LogP) is 2.28. The second-order valence-electron chi connectivity index (χ2n) is 4.64. The molecule has 1 aliphatic heterocycles. The fraction of sp³-hybridized carbons (Fsp3) is 0.462. The number of carbonyl (C=O) groups excluding carboxylic acids is 1. The zero-order valence-electron chi connectivity index (χ0n) is 11.7. The molecule has 8 heteroatoms. The lowest BCUT2D eigenvalue weighted by Gasteiger charge is -2.28. The molecule has 0 N–H and O–H groups in total. The number of ether oxygens (including phenoxy) is 2. The summed E-state index contributed by atoms with van der Waals surface area (Å²) in [7, 11) is 1.37. The van der Waals surface area contributed by atoms with E-state index in [1.807, 2.05) is 6.92 Å². The standard InChI is InChI=1S/C13H14ClN3O3S/c1-7-8-10(17-3-5-20-6-4-17)15-13(14)16-11(8)21-9(7)12(18)19-2/h3-6H2,1-2H3. The van der Waals surface area contributed by atoms with E-state index in [0.717, 1.165) is 29.9 Å². The fourth-order valence-corrected chi connectivity index (χ4v) is 3.69. The third kappa shape index (κ3) is 2.56. The Balaban J connectivity index is 2.18. The first-order valence-corrected chi connectivity index (χ1v) is 7.69.